The van der Waals surface area contributed by atoms with E-state index in [-0.39, 0.29) is 5.78 Å². The second-order valence-corrected chi connectivity index (χ2v) is 5.41. The third kappa shape index (κ3) is 3.50. The molecule has 3 heteroatoms. The molecule has 108 valence electrons. The summed E-state index contributed by atoms with van der Waals surface area (Å²) in [4.78, 5) is 12.5. The van der Waals surface area contributed by atoms with Crippen LogP contribution < -0.4 is 10.5 Å². The molecule has 0 radical (unpaired) electrons. The van der Waals surface area contributed by atoms with E-state index in [0.29, 0.717) is 23.8 Å². The largest absolute Gasteiger partial charge is 0.490 e. The molecule has 1 saturated carbocycles. The highest BCUT2D eigenvalue weighted by Crippen LogP contribution is 2.27. The number of carbonyl (C=O) groups excluding carboxylic acids is 1. The minimum atomic E-state index is 0.0237. The molecule has 3 rings (SSSR count). The van der Waals surface area contributed by atoms with Crippen LogP contribution in [0.15, 0.2) is 48.5 Å². The Morgan fingerprint density at radius 3 is 2.52 bits per heavy atom. The van der Waals surface area contributed by atoms with Crippen LogP contribution in [-0.4, -0.2) is 18.4 Å². The molecule has 2 aromatic carbocycles. The van der Waals surface area contributed by atoms with Crippen LogP contribution in [-0.2, 0) is 6.42 Å². The lowest BCUT2D eigenvalue weighted by atomic mass is 10.0. The predicted octanol–water partition coefficient (Wildman–Crippen LogP) is 2.96. The molecule has 1 aliphatic carbocycles. The van der Waals surface area contributed by atoms with E-state index in [1.54, 1.807) is 0 Å². The summed E-state index contributed by atoms with van der Waals surface area (Å²) < 4.78 is 5.74. The van der Waals surface area contributed by atoms with Crippen LogP contribution >= 0.6 is 0 Å². The van der Waals surface area contributed by atoms with Gasteiger partial charge in [0.15, 0.2) is 5.78 Å². The van der Waals surface area contributed by atoms with Gasteiger partial charge >= 0.3 is 0 Å². The number of hydrogen-bond donors (Lipinski definition) is 1. The number of rotatable bonds is 6. The monoisotopic (exact) mass is 281 g/mol. The van der Waals surface area contributed by atoms with E-state index in [9.17, 15) is 4.79 Å². The highest BCUT2D eigenvalue weighted by molar-refractivity contribution is 6.09. The summed E-state index contributed by atoms with van der Waals surface area (Å²) in [5, 5.41) is 0. The van der Waals surface area contributed by atoms with Gasteiger partial charge in [-0.05, 0) is 43.5 Å². The first-order valence-corrected chi connectivity index (χ1v) is 7.36. The Morgan fingerprint density at radius 1 is 1.10 bits per heavy atom. The average Bonchev–Trinajstić information content (AvgIpc) is 3.32. The average molecular weight is 281 g/mol. The zero-order valence-electron chi connectivity index (χ0n) is 11.9. The van der Waals surface area contributed by atoms with Gasteiger partial charge in [0, 0.05) is 11.1 Å². The van der Waals surface area contributed by atoms with Crippen molar-refractivity contribution >= 4 is 5.78 Å². The van der Waals surface area contributed by atoms with Crippen LogP contribution in [0.3, 0.4) is 0 Å². The number of carbonyl (C=O) groups is 1. The summed E-state index contributed by atoms with van der Waals surface area (Å²) in [6.07, 6.45) is 3.40. The molecular weight excluding hydrogens is 262 g/mol. The molecule has 21 heavy (non-hydrogen) atoms. The van der Waals surface area contributed by atoms with Crippen molar-refractivity contribution in [2.75, 3.05) is 6.54 Å². The molecule has 0 heterocycles. The Morgan fingerprint density at radius 2 is 1.86 bits per heavy atom. The van der Waals surface area contributed by atoms with Crippen LogP contribution in [0.1, 0.15) is 34.3 Å². The van der Waals surface area contributed by atoms with Crippen LogP contribution in [0.2, 0.25) is 0 Å². The van der Waals surface area contributed by atoms with Gasteiger partial charge in [-0.25, -0.2) is 0 Å². The Hall–Kier alpha value is -2.13. The third-order valence-electron chi connectivity index (χ3n) is 3.57. The van der Waals surface area contributed by atoms with Crippen molar-refractivity contribution in [2.45, 2.75) is 25.4 Å². The van der Waals surface area contributed by atoms with Gasteiger partial charge in [0.2, 0.25) is 0 Å². The maximum absolute atomic E-state index is 12.5. The first kappa shape index (κ1) is 13.8. The SMILES string of the molecule is NCCc1ccc(C(=O)c2cccc(OC3CC3)c2)cc1. The number of benzene rings is 2. The second-order valence-electron chi connectivity index (χ2n) is 5.41. The molecule has 2 aromatic rings. The van der Waals surface area contributed by atoms with Gasteiger partial charge < -0.3 is 10.5 Å². The maximum atomic E-state index is 12.5. The van der Waals surface area contributed by atoms with Crippen molar-refractivity contribution in [1.29, 1.82) is 0 Å². The van der Waals surface area contributed by atoms with Crippen molar-refractivity contribution in [3.05, 3.63) is 65.2 Å². The van der Waals surface area contributed by atoms with Gasteiger partial charge in [-0.1, -0.05) is 36.4 Å². The molecule has 0 bridgehead atoms. The zero-order chi connectivity index (χ0) is 14.7. The van der Waals surface area contributed by atoms with Crippen LogP contribution in [0.5, 0.6) is 5.75 Å². The standard InChI is InChI=1S/C18H19NO2/c19-11-10-13-4-6-14(7-5-13)18(20)15-2-1-3-17(12-15)21-16-8-9-16/h1-7,12,16H,8-11,19H2. The number of nitrogens with two attached hydrogens (primary N) is 1. The number of ketones is 1. The topological polar surface area (TPSA) is 52.3 Å². The van der Waals surface area contributed by atoms with E-state index in [0.717, 1.165) is 30.6 Å². The lowest BCUT2D eigenvalue weighted by Crippen LogP contribution is -2.05. The van der Waals surface area contributed by atoms with Gasteiger partial charge in [0.25, 0.3) is 0 Å². The summed E-state index contributed by atoms with van der Waals surface area (Å²) in [5.41, 5.74) is 8.04. The molecule has 1 fully saturated rings. The molecule has 0 unspecified atom stereocenters. The van der Waals surface area contributed by atoms with Gasteiger partial charge in [-0.3, -0.25) is 4.79 Å². The van der Waals surface area contributed by atoms with Crippen molar-refractivity contribution < 1.29 is 9.53 Å². The Bertz CT molecular complexity index is 630. The molecule has 0 aliphatic heterocycles. The van der Waals surface area contributed by atoms with Crippen molar-refractivity contribution in [1.82, 2.24) is 0 Å². The third-order valence-corrected chi connectivity index (χ3v) is 3.57. The highest BCUT2D eigenvalue weighted by atomic mass is 16.5. The smallest absolute Gasteiger partial charge is 0.193 e. The van der Waals surface area contributed by atoms with Crippen molar-refractivity contribution in [2.24, 2.45) is 5.73 Å². The Balaban J connectivity index is 1.77. The predicted molar refractivity (Wildman–Crippen MR) is 82.7 cm³/mol. The van der Waals surface area contributed by atoms with Crippen molar-refractivity contribution in [3.8, 4) is 5.75 Å². The second kappa shape index (κ2) is 6.10. The molecule has 0 aromatic heterocycles. The first-order valence-electron chi connectivity index (χ1n) is 7.36. The summed E-state index contributed by atoms with van der Waals surface area (Å²) >= 11 is 0. The normalized spacial score (nSPS) is 14.0. The fraction of sp³-hybridized carbons (Fsp3) is 0.278. The molecule has 0 atom stereocenters. The molecule has 3 nitrogen and oxygen atoms in total. The van der Waals surface area contributed by atoms with Gasteiger partial charge in [-0.15, -0.1) is 0 Å². The summed E-state index contributed by atoms with van der Waals surface area (Å²) in [6.45, 7) is 0.619. The van der Waals surface area contributed by atoms with E-state index in [4.69, 9.17) is 10.5 Å². The molecule has 0 amide bonds. The van der Waals surface area contributed by atoms with Gasteiger partial charge in [0.05, 0.1) is 6.10 Å². The fourth-order valence-electron chi connectivity index (χ4n) is 2.25. The lowest BCUT2D eigenvalue weighted by molar-refractivity contribution is 0.103. The summed E-state index contributed by atoms with van der Waals surface area (Å²) in [6, 6.07) is 15.1. The van der Waals surface area contributed by atoms with E-state index in [1.807, 2.05) is 48.5 Å². The minimum absolute atomic E-state index is 0.0237. The van der Waals surface area contributed by atoms with E-state index >= 15 is 0 Å². The lowest BCUT2D eigenvalue weighted by Gasteiger charge is -2.07. The maximum Gasteiger partial charge on any atom is 0.193 e. The molecular formula is C18H19NO2. The molecule has 0 spiro atoms. The summed E-state index contributed by atoms with van der Waals surface area (Å²) in [5.74, 6) is 0.804. The van der Waals surface area contributed by atoms with Crippen LogP contribution in [0, 0.1) is 0 Å². The molecule has 0 saturated heterocycles. The minimum Gasteiger partial charge on any atom is -0.490 e. The Labute approximate surface area is 124 Å². The highest BCUT2D eigenvalue weighted by Gasteiger charge is 2.23. The van der Waals surface area contributed by atoms with Crippen molar-refractivity contribution in [3.63, 3.8) is 0 Å². The van der Waals surface area contributed by atoms with E-state index in [1.165, 1.54) is 0 Å². The molecule has 1 aliphatic rings. The van der Waals surface area contributed by atoms with Gasteiger partial charge in [0.1, 0.15) is 5.75 Å². The number of hydrogen-bond acceptors (Lipinski definition) is 3. The van der Waals surface area contributed by atoms with Crippen LogP contribution in [0.25, 0.3) is 0 Å². The zero-order valence-corrected chi connectivity index (χ0v) is 11.9. The quantitative estimate of drug-likeness (QED) is 0.828. The fourth-order valence-corrected chi connectivity index (χ4v) is 2.25. The van der Waals surface area contributed by atoms with Gasteiger partial charge in [-0.2, -0.15) is 0 Å². The van der Waals surface area contributed by atoms with E-state index in [2.05, 4.69) is 0 Å². The summed E-state index contributed by atoms with van der Waals surface area (Å²) in [7, 11) is 0. The van der Waals surface area contributed by atoms with Crippen LogP contribution in [0.4, 0.5) is 0 Å². The first-order chi connectivity index (χ1) is 10.3. The molecule has 2 N–H and O–H groups in total. The Kier molecular flexibility index (Phi) is 4.02. The van der Waals surface area contributed by atoms with E-state index < -0.39 is 0 Å². The number of ether oxygens (including phenoxy) is 1.